The third kappa shape index (κ3) is 6.80. The molecule has 0 aromatic heterocycles. The van der Waals surface area contributed by atoms with E-state index in [0.29, 0.717) is 24.9 Å². The van der Waals surface area contributed by atoms with Crippen LogP contribution in [0, 0.1) is 11.8 Å². The average molecular weight is 229 g/mol. The second-order valence-electron chi connectivity index (χ2n) is 4.79. The van der Waals surface area contributed by atoms with Crippen LogP contribution in [-0.4, -0.2) is 44.0 Å². The third-order valence-corrected chi connectivity index (χ3v) is 2.78. The van der Waals surface area contributed by atoms with Gasteiger partial charge in [0, 0.05) is 13.1 Å². The highest BCUT2D eigenvalue weighted by molar-refractivity contribution is 5.77. The molecule has 0 saturated heterocycles. The fraction of sp³-hybridized carbons (Fsp3) is 0.917. The molecule has 0 saturated carbocycles. The summed E-state index contributed by atoms with van der Waals surface area (Å²) >= 11 is 0. The van der Waals surface area contributed by atoms with Gasteiger partial charge in [-0.15, -0.1) is 0 Å². The lowest BCUT2D eigenvalue weighted by atomic mass is 9.95. The van der Waals surface area contributed by atoms with Gasteiger partial charge in [-0.1, -0.05) is 20.8 Å². The Kier molecular flexibility index (Phi) is 8.21. The molecule has 0 aromatic rings. The number of carbonyl (C=O) groups is 1. The summed E-state index contributed by atoms with van der Waals surface area (Å²) in [6.07, 6.45) is 0.979. The number of hydrogen-bond donors (Lipinski definition) is 2. The van der Waals surface area contributed by atoms with Crippen LogP contribution in [0.15, 0.2) is 0 Å². The van der Waals surface area contributed by atoms with Crippen LogP contribution >= 0.6 is 0 Å². The van der Waals surface area contributed by atoms with Crippen molar-refractivity contribution in [2.45, 2.75) is 27.2 Å². The highest BCUT2D eigenvalue weighted by Crippen LogP contribution is 2.09. The van der Waals surface area contributed by atoms with E-state index in [2.05, 4.69) is 19.2 Å². The van der Waals surface area contributed by atoms with Crippen molar-refractivity contribution < 1.29 is 4.79 Å². The van der Waals surface area contributed by atoms with Gasteiger partial charge < -0.3 is 11.1 Å². The number of hydrogen-bond acceptors (Lipinski definition) is 3. The minimum atomic E-state index is 0.101. The molecule has 1 unspecified atom stereocenters. The summed E-state index contributed by atoms with van der Waals surface area (Å²) in [5.74, 6) is 1.12. The topological polar surface area (TPSA) is 58.4 Å². The Morgan fingerprint density at radius 2 is 2.06 bits per heavy atom. The first-order valence-electron chi connectivity index (χ1n) is 6.16. The van der Waals surface area contributed by atoms with Crippen molar-refractivity contribution in [1.82, 2.24) is 10.2 Å². The predicted molar refractivity (Wildman–Crippen MR) is 68.2 cm³/mol. The molecule has 0 aliphatic carbocycles. The second-order valence-corrected chi connectivity index (χ2v) is 4.79. The minimum absolute atomic E-state index is 0.101. The van der Waals surface area contributed by atoms with Gasteiger partial charge in [-0.3, -0.25) is 9.69 Å². The van der Waals surface area contributed by atoms with Crippen LogP contribution in [0.25, 0.3) is 0 Å². The van der Waals surface area contributed by atoms with Gasteiger partial charge in [0.15, 0.2) is 0 Å². The Morgan fingerprint density at radius 1 is 1.44 bits per heavy atom. The maximum atomic E-state index is 11.5. The Balaban J connectivity index is 3.87. The van der Waals surface area contributed by atoms with Crippen LogP contribution in [0.3, 0.4) is 0 Å². The van der Waals surface area contributed by atoms with E-state index in [-0.39, 0.29) is 5.91 Å². The highest BCUT2D eigenvalue weighted by atomic mass is 16.2. The van der Waals surface area contributed by atoms with Crippen LogP contribution < -0.4 is 11.1 Å². The first kappa shape index (κ1) is 15.4. The molecular weight excluding hydrogens is 202 g/mol. The predicted octanol–water partition coefficient (Wildman–Crippen LogP) is 0.675. The lowest BCUT2D eigenvalue weighted by Crippen LogP contribution is -2.40. The van der Waals surface area contributed by atoms with Gasteiger partial charge >= 0.3 is 0 Å². The van der Waals surface area contributed by atoms with Gasteiger partial charge in [-0.2, -0.15) is 0 Å². The van der Waals surface area contributed by atoms with Crippen LogP contribution in [0.2, 0.25) is 0 Å². The van der Waals surface area contributed by atoms with Crippen molar-refractivity contribution in [3.63, 3.8) is 0 Å². The lowest BCUT2D eigenvalue weighted by Gasteiger charge is -2.25. The number of amides is 1. The van der Waals surface area contributed by atoms with Crippen LogP contribution in [0.4, 0.5) is 0 Å². The molecule has 16 heavy (non-hydrogen) atoms. The number of likely N-dealkylation sites (N-methyl/N-ethyl adjacent to an activating group) is 1. The summed E-state index contributed by atoms with van der Waals surface area (Å²) in [7, 11) is 1.97. The molecule has 0 fully saturated rings. The zero-order valence-corrected chi connectivity index (χ0v) is 11.1. The van der Waals surface area contributed by atoms with Crippen molar-refractivity contribution in [3.05, 3.63) is 0 Å². The molecule has 0 rings (SSSR count). The molecule has 0 aliphatic heterocycles. The fourth-order valence-electron chi connectivity index (χ4n) is 1.59. The van der Waals surface area contributed by atoms with Crippen molar-refractivity contribution in [1.29, 1.82) is 0 Å². The molecule has 0 radical (unpaired) electrons. The molecule has 4 nitrogen and oxygen atoms in total. The number of nitrogens with zero attached hydrogens (tertiary/aromatic N) is 1. The lowest BCUT2D eigenvalue weighted by molar-refractivity contribution is -0.122. The maximum Gasteiger partial charge on any atom is 0.234 e. The molecule has 0 bridgehead atoms. The van der Waals surface area contributed by atoms with Gasteiger partial charge in [0.2, 0.25) is 5.91 Å². The van der Waals surface area contributed by atoms with Crippen molar-refractivity contribution in [2.75, 3.05) is 33.2 Å². The molecule has 0 aromatic carbocycles. The minimum Gasteiger partial charge on any atom is -0.355 e. The van der Waals surface area contributed by atoms with Crippen LogP contribution in [0.5, 0.6) is 0 Å². The molecule has 4 heteroatoms. The second kappa shape index (κ2) is 8.53. The maximum absolute atomic E-state index is 11.5. The number of carbonyl (C=O) groups excluding carboxylic acids is 1. The van der Waals surface area contributed by atoms with E-state index in [0.717, 1.165) is 19.5 Å². The summed E-state index contributed by atoms with van der Waals surface area (Å²) in [6.45, 7) is 9.17. The number of rotatable bonds is 8. The molecular formula is C12H27N3O. The van der Waals surface area contributed by atoms with E-state index < -0.39 is 0 Å². The largest absolute Gasteiger partial charge is 0.355 e. The average Bonchev–Trinajstić information content (AvgIpc) is 2.22. The summed E-state index contributed by atoms with van der Waals surface area (Å²) in [5.41, 5.74) is 5.71. The van der Waals surface area contributed by atoms with Gasteiger partial charge in [0.25, 0.3) is 0 Å². The first-order valence-corrected chi connectivity index (χ1v) is 6.16. The highest BCUT2D eigenvalue weighted by Gasteiger charge is 2.15. The Morgan fingerprint density at radius 3 is 2.50 bits per heavy atom. The normalized spacial score (nSPS) is 13.2. The zero-order valence-electron chi connectivity index (χ0n) is 11.1. The number of nitrogens with one attached hydrogen (secondary N) is 1. The molecule has 0 spiro atoms. The molecule has 3 N–H and O–H groups in total. The Bertz CT molecular complexity index is 195. The number of nitrogens with two attached hydrogens (primary N) is 1. The van der Waals surface area contributed by atoms with Gasteiger partial charge in [0.1, 0.15) is 0 Å². The van der Waals surface area contributed by atoms with Gasteiger partial charge in [-0.25, -0.2) is 0 Å². The van der Waals surface area contributed by atoms with E-state index in [1.54, 1.807) is 0 Å². The van der Waals surface area contributed by atoms with Gasteiger partial charge in [-0.05, 0) is 31.8 Å². The van der Waals surface area contributed by atoms with Crippen molar-refractivity contribution in [2.24, 2.45) is 17.6 Å². The van der Waals surface area contributed by atoms with E-state index in [1.807, 2.05) is 18.9 Å². The van der Waals surface area contributed by atoms with Crippen molar-refractivity contribution in [3.8, 4) is 0 Å². The van der Waals surface area contributed by atoms with Crippen molar-refractivity contribution >= 4 is 5.91 Å². The molecule has 96 valence electrons. The van der Waals surface area contributed by atoms with Gasteiger partial charge in [0.05, 0.1) is 6.54 Å². The SMILES string of the molecule is CCCNC(=O)CN(C)CC(CN)C(C)C. The summed E-state index contributed by atoms with van der Waals surface area (Å²) < 4.78 is 0. The van der Waals surface area contributed by atoms with Crippen LogP contribution in [0.1, 0.15) is 27.2 Å². The summed E-state index contributed by atoms with van der Waals surface area (Å²) in [5, 5.41) is 2.87. The zero-order chi connectivity index (χ0) is 12.6. The Hall–Kier alpha value is -0.610. The van der Waals surface area contributed by atoms with E-state index >= 15 is 0 Å². The summed E-state index contributed by atoms with van der Waals surface area (Å²) in [6, 6.07) is 0. The van der Waals surface area contributed by atoms with E-state index in [9.17, 15) is 4.79 Å². The monoisotopic (exact) mass is 229 g/mol. The first-order chi connectivity index (χ1) is 7.51. The molecule has 1 amide bonds. The third-order valence-electron chi connectivity index (χ3n) is 2.78. The smallest absolute Gasteiger partial charge is 0.234 e. The van der Waals surface area contributed by atoms with Crippen LogP contribution in [-0.2, 0) is 4.79 Å². The quantitative estimate of drug-likeness (QED) is 0.643. The fourth-order valence-corrected chi connectivity index (χ4v) is 1.59. The summed E-state index contributed by atoms with van der Waals surface area (Å²) in [4.78, 5) is 13.5. The molecule has 0 heterocycles. The van der Waals surface area contributed by atoms with E-state index in [4.69, 9.17) is 5.73 Å². The standard InChI is InChI=1S/C12H27N3O/c1-5-6-14-12(16)9-15(4)8-11(7-13)10(2)3/h10-11H,5-9,13H2,1-4H3,(H,14,16). The molecule has 0 aliphatic rings. The Labute approximate surface area is 99.6 Å². The van der Waals surface area contributed by atoms with E-state index in [1.165, 1.54) is 0 Å². The molecule has 1 atom stereocenters.